The summed E-state index contributed by atoms with van der Waals surface area (Å²) in [6.45, 7) is 11.7. The number of rotatable bonds is 5. The minimum atomic E-state index is 0.205. The van der Waals surface area contributed by atoms with Gasteiger partial charge in [-0.1, -0.05) is 89.2 Å². The van der Waals surface area contributed by atoms with Gasteiger partial charge in [0.25, 0.3) is 0 Å². The van der Waals surface area contributed by atoms with E-state index in [1.165, 1.54) is 17.5 Å². The molecule has 0 aliphatic carbocycles. The van der Waals surface area contributed by atoms with Crippen molar-refractivity contribution in [1.29, 1.82) is 0 Å². The molecule has 0 radical (unpaired) electrons. The Balaban J connectivity index is 2.25. The van der Waals surface area contributed by atoms with Crippen molar-refractivity contribution < 1.29 is 0 Å². The fraction of sp³-hybridized carbons (Fsp3) is 0.455. The van der Waals surface area contributed by atoms with Crippen LogP contribution in [0.25, 0.3) is 0 Å². The van der Waals surface area contributed by atoms with Crippen LogP contribution in [-0.4, -0.2) is 0 Å². The van der Waals surface area contributed by atoms with Crippen molar-refractivity contribution >= 4 is 0 Å². The molecule has 0 aromatic heterocycles. The minimum Gasteiger partial charge on any atom is -0.0622 e. The highest BCUT2D eigenvalue weighted by molar-refractivity contribution is 5.36. The van der Waals surface area contributed by atoms with Crippen LogP contribution in [0.4, 0.5) is 0 Å². The molecule has 0 spiro atoms. The quantitative estimate of drug-likeness (QED) is 0.602. The van der Waals surface area contributed by atoms with Crippen LogP contribution in [-0.2, 0) is 11.8 Å². The number of benzene rings is 2. The lowest BCUT2D eigenvalue weighted by Gasteiger charge is -2.30. The molecule has 2 aromatic rings. The first kappa shape index (κ1) is 16.8. The Morgan fingerprint density at radius 3 is 2.00 bits per heavy atom. The van der Waals surface area contributed by atoms with Crippen molar-refractivity contribution in [3.63, 3.8) is 0 Å². The Kier molecular flexibility index (Phi) is 5.45. The summed E-state index contributed by atoms with van der Waals surface area (Å²) in [5.74, 6) is 1.28. The van der Waals surface area contributed by atoms with E-state index in [1.54, 1.807) is 5.56 Å². The van der Waals surface area contributed by atoms with Crippen LogP contribution in [0.2, 0.25) is 0 Å². The third kappa shape index (κ3) is 4.22. The van der Waals surface area contributed by atoms with Gasteiger partial charge in [-0.15, -0.1) is 0 Å². The Morgan fingerprint density at radius 1 is 0.818 bits per heavy atom. The van der Waals surface area contributed by atoms with Crippen LogP contribution in [0.3, 0.4) is 0 Å². The maximum atomic E-state index is 2.36. The van der Waals surface area contributed by atoms with Gasteiger partial charge in [0.15, 0.2) is 0 Å². The molecule has 0 N–H and O–H groups in total. The Labute approximate surface area is 136 Å². The summed E-state index contributed by atoms with van der Waals surface area (Å²) in [7, 11) is 0. The molecular weight excluding hydrogens is 264 g/mol. The number of hydrogen-bond donors (Lipinski definition) is 0. The predicted octanol–water partition coefficient (Wildman–Crippen LogP) is 6.36. The van der Waals surface area contributed by atoms with Crippen LogP contribution in [0.15, 0.2) is 54.6 Å². The molecule has 0 heteroatoms. The average molecular weight is 294 g/mol. The molecular formula is C22H30. The number of aryl methyl sites for hydroxylation is 1. The molecule has 1 unspecified atom stereocenters. The first-order valence-corrected chi connectivity index (χ1v) is 8.53. The second-order valence-electron chi connectivity index (χ2n) is 7.71. The maximum absolute atomic E-state index is 2.36. The van der Waals surface area contributed by atoms with Gasteiger partial charge in [0.1, 0.15) is 0 Å². The highest BCUT2D eigenvalue weighted by atomic mass is 14.3. The van der Waals surface area contributed by atoms with Gasteiger partial charge >= 0.3 is 0 Å². The molecule has 0 heterocycles. The molecule has 0 amide bonds. The molecule has 0 aliphatic heterocycles. The van der Waals surface area contributed by atoms with E-state index >= 15 is 0 Å². The van der Waals surface area contributed by atoms with Gasteiger partial charge in [-0.05, 0) is 46.8 Å². The lowest BCUT2D eigenvalue weighted by atomic mass is 9.75. The zero-order valence-electron chi connectivity index (χ0n) is 14.8. The highest BCUT2D eigenvalue weighted by Gasteiger charge is 2.24. The van der Waals surface area contributed by atoms with Crippen LogP contribution in [0.1, 0.15) is 63.6 Å². The molecule has 2 aromatic carbocycles. The van der Waals surface area contributed by atoms with Gasteiger partial charge in [-0.25, -0.2) is 0 Å². The zero-order chi connectivity index (χ0) is 16.2. The van der Waals surface area contributed by atoms with Crippen molar-refractivity contribution in [2.45, 2.75) is 58.8 Å². The van der Waals surface area contributed by atoms with Gasteiger partial charge in [-0.2, -0.15) is 0 Å². The summed E-state index contributed by atoms with van der Waals surface area (Å²) < 4.78 is 0. The van der Waals surface area contributed by atoms with E-state index in [9.17, 15) is 0 Å². The molecule has 22 heavy (non-hydrogen) atoms. The molecule has 0 aliphatic rings. The largest absolute Gasteiger partial charge is 0.0622 e. The van der Waals surface area contributed by atoms with Gasteiger partial charge in [0.05, 0.1) is 0 Å². The normalized spacial score (nSPS) is 13.4. The molecule has 1 atom stereocenters. The third-order valence-corrected chi connectivity index (χ3v) is 4.56. The molecule has 0 saturated carbocycles. The standard InChI is InChI=1S/C22H30/c1-17(2)19(16-15-18-11-7-6-8-12-18)20-13-9-10-14-21(20)22(3,4)5/h6-14,17,19H,15-16H2,1-5H3. The van der Waals surface area contributed by atoms with Crippen LogP contribution >= 0.6 is 0 Å². The van der Waals surface area contributed by atoms with E-state index in [0.717, 1.165) is 6.42 Å². The van der Waals surface area contributed by atoms with E-state index in [-0.39, 0.29) is 5.41 Å². The summed E-state index contributed by atoms with van der Waals surface area (Å²) in [5.41, 5.74) is 4.69. The van der Waals surface area contributed by atoms with Gasteiger partial charge in [-0.3, -0.25) is 0 Å². The van der Waals surface area contributed by atoms with Crippen LogP contribution < -0.4 is 0 Å². The summed E-state index contributed by atoms with van der Waals surface area (Å²) in [6, 6.07) is 19.9. The van der Waals surface area contributed by atoms with Crippen LogP contribution in [0.5, 0.6) is 0 Å². The van der Waals surface area contributed by atoms with Gasteiger partial charge in [0, 0.05) is 0 Å². The fourth-order valence-corrected chi connectivity index (χ4v) is 3.32. The highest BCUT2D eigenvalue weighted by Crippen LogP contribution is 2.36. The zero-order valence-corrected chi connectivity index (χ0v) is 14.8. The van der Waals surface area contributed by atoms with E-state index in [2.05, 4.69) is 89.2 Å². The second kappa shape index (κ2) is 7.13. The maximum Gasteiger partial charge on any atom is -0.0129 e. The monoisotopic (exact) mass is 294 g/mol. The molecule has 0 nitrogen and oxygen atoms in total. The van der Waals surface area contributed by atoms with E-state index in [1.807, 2.05) is 0 Å². The fourth-order valence-electron chi connectivity index (χ4n) is 3.32. The van der Waals surface area contributed by atoms with Crippen molar-refractivity contribution in [2.24, 2.45) is 5.92 Å². The third-order valence-electron chi connectivity index (χ3n) is 4.56. The van der Waals surface area contributed by atoms with Crippen molar-refractivity contribution in [3.8, 4) is 0 Å². The first-order valence-electron chi connectivity index (χ1n) is 8.53. The summed E-state index contributed by atoms with van der Waals surface area (Å²) in [4.78, 5) is 0. The van der Waals surface area contributed by atoms with Crippen molar-refractivity contribution in [2.75, 3.05) is 0 Å². The lowest BCUT2D eigenvalue weighted by molar-refractivity contribution is 0.454. The van der Waals surface area contributed by atoms with E-state index in [4.69, 9.17) is 0 Å². The molecule has 0 bridgehead atoms. The smallest absolute Gasteiger partial charge is 0.0129 e. The minimum absolute atomic E-state index is 0.205. The lowest BCUT2D eigenvalue weighted by Crippen LogP contribution is -2.18. The molecule has 2 rings (SSSR count). The molecule has 118 valence electrons. The first-order chi connectivity index (χ1) is 10.4. The predicted molar refractivity (Wildman–Crippen MR) is 97.5 cm³/mol. The van der Waals surface area contributed by atoms with Crippen LogP contribution in [0, 0.1) is 5.92 Å². The summed E-state index contributed by atoms with van der Waals surface area (Å²) in [6.07, 6.45) is 2.37. The van der Waals surface area contributed by atoms with Crippen molar-refractivity contribution in [1.82, 2.24) is 0 Å². The average Bonchev–Trinajstić information content (AvgIpc) is 2.47. The van der Waals surface area contributed by atoms with Crippen molar-refractivity contribution in [3.05, 3.63) is 71.3 Å². The Morgan fingerprint density at radius 2 is 1.41 bits per heavy atom. The van der Waals surface area contributed by atoms with Gasteiger partial charge in [0.2, 0.25) is 0 Å². The summed E-state index contributed by atoms with van der Waals surface area (Å²) >= 11 is 0. The number of hydrogen-bond acceptors (Lipinski definition) is 0. The van der Waals surface area contributed by atoms with E-state index in [0.29, 0.717) is 11.8 Å². The Bertz CT molecular complexity index is 572. The Hall–Kier alpha value is -1.56. The van der Waals surface area contributed by atoms with E-state index < -0.39 is 0 Å². The molecule has 0 saturated heterocycles. The molecule has 0 fully saturated rings. The van der Waals surface area contributed by atoms with Gasteiger partial charge < -0.3 is 0 Å². The second-order valence-corrected chi connectivity index (χ2v) is 7.71. The summed E-state index contributed by atoms with van der Waals surface area (Å²) in [5, 5.41) is 0. The SMILES string of the molecule is CC(C)C(CCc1ccccc1)c1ccccc1C(C)(C)C. The topological polar surface area (TPSA) is 0 Å².